The van der Waals surface area contributed by atoms with E-state index in [4.69, 9.17) is 0 Å². The molecule has 0 fully saturated rings. The number of rotatable bonds is 4. The number of hydrogen-bond donors (Lipinski definition) is 1. The Hall–Kier alpha value is -2.82. The number of nitrogens with one attached hydrogen (secondary N) is 1. The first-order valence-electron chi connectivity index (χ1n) is 6.53. The van der Waals surface area contributed by atoms with E-state index in [1.165, 1.54) is 12.3 Å². The zero-order chi connectivity index (χ0) is 14.5. The van der Waals surface area contributed by atoms with Gasteiger partial charge in [-0.2, -0.15) is 4.39 Å². The van der Waals surface area contributed by atoms with E-state index in [1.54, 1.807) is 18.5 Å². The summed E-state index contributed by atoms with van der Waals surface area (Å²) < 4.78 is 13.0. The highest BCUT2D eigenvalue weighted by Gasteiger charge is 2.01. The lowest BCUT2D eigenvalue weighted by Gasteiger charge is -2.07. The molecular formula is C16H13FN4. The predicted molar refractivity (Wildman–Crippen MR) is 79.0 cm³/mol. The third-order valence-corrected chi connectivity index (χ3v) is 2.98. The van der Waals surface area contributed by atoms with E-state index in [0.29, 0.717) is 6.54 Å². The average molecular weight is 280 g/mol. The maximum absolute atomic E-state index is 13.0. The molecule has 3 heterocycles. The molecule has 4 nitrogen and oxygen atoms in total. The van der Waals surface area contributed by atoms with Gasteiger partial charge in [-0.15, -0.1) is 0 Å². The fraction of sp³-hybridized carbons (Fsp3) is 0.0625. The van der Waals surface area contributed by atoms with Gasteiger partial charge in [0.15, 0.2) is 0 Å². The third-order valence-electron chi connectivity index (χ3n) is 2.98. The zero-order valence-electron chi connectivity index (χ0n) is 11.2. The molecule has 21 heavy (non-hydrogen) atoms. The Balaban J connectivity index is 1.68. The van der Waals surface area contributed by atoms with Gasteiger partial charge in [-0.1, -0.05) is 6.07 Å². The molecule has 0 atom stereocenters. The standard InChI is InChI=1S/C16H13FN4/c17-16-9-12(6-8-19-16)10-20-13-4-5-15(21-11-13)14-3-1-2-7-18-14/h1-9,11,20H,10H2. The molecular weight excluding hydrogens is 267 g/mol. The molecule has 104 valence electrons. The van der Waals surface area contributed by atoms with Crippen LogP contribution in [-0.4, -0.2) is 15.0 Å². The SMILES string of the molecule is Fc1cc(CNc2ccc(-c3ccccn3)nc2)ccn1. The fourth-order valence-electron chi connectivity index (χ4n) is 1.92. The van der Waals surface area contributed by atoms with Gasteiger partial charge in [0.1, 0.15) is 0 Å². The van der Waals surface area contributed by atoms with E-state index in [0.717, 1.165) is 22.6 Å². The molecule has 0 aromatic carbocycles. The van der Waals surface area contributed by atoms with Gasteiger partial charge in [0, 0.05) is 18.9 Å². The number of nitrogens with zero attached hydrogens (tertiary/aromatic N) is 3. The number of anilines is 1. The zero-order valence-corrected chi connectivity index (χ0v) is 11.2. The van der Waals surface area contributed by atoms with Crippen LogP contribution in [0.3, 0.4) is 0 Å². The normalized spacial score (nSPS) is 10.3. The summed E-state index contributed by atoms with van der Waals surface area (Å²) in [7, 11) is 0. The molecule has 0 unspecified atom stereocenters. The molecule has 0 radical (unpaired) electrons. The van der Waals surface area contributed by atoms with Gasteiger partial charge in [-0.25, -0.2) is 4.98 Å². The lowest BCUT2D eigenvalue weighted by Crippen LogP contribution is -2.01. The summed E-state index contributed by atoms with van der Waals surface area (Å²) >= 11 is 0. The summed E-state index contributed by atoms with van der Waals surface area (Å²) in [6, 6.07) is 12.7. The van der Waals surface area contributed by atoms with Crippen molar-refractivity contribution in [1.29, 1.82) is 0 Å². The Labute approximate surface area is 121 Å². The molecule has 1 N–H and O–H groups in total. The minimum Gasteiger partial charge on any atom is -0.380 e. The van der Waals surface area contributed by atoms with Crippen molar-refractivity contribution in [2.24, 2.45) is 0 Å². The minimum atomic E-state index is -0.474. The van der Waals surface area contributed by atoms with Gasteiger partial charge in [0.25, 0.3) is 0 Å². The molecule has 0 saturated heterocycles. The van der Waals surface area contributed by atoms with Crippen molar-refractivity contribution in [2.45, 2.75) is 6.54 Å². The van der Waals surface area contributed by atoms with Gasteiger partial charge in [-0.05, 0) is 42.0 Å². The Bertz CT molecular complexity index is 714. The van der Waals surface area contributed by atoms with Crippen molar-refractivity contribution in [3.63, 3.8) is 0 Å². The number of aromatic nitrogens is 3. The van der Waals surface area contributed by atoms with Gasteiger partial charge in [-0.3, -0.25) is 9.97 Å². The molecule has 0 bridgehead atoms. The van der Waals surface area contributed by atoms with Gasteiger partial charge in [0.05, 0.1) is 23.3 Å². The maximum Gasteiger partial charge on any atom is 0.213 e. The molecule has 5 heteroatoms. The highest BCUT2D eigenvalue weighted by molar-refractivity contribution is 5.56. The van der Waals surface area contributed by atoms with Crippen molar-refractivity contribution in [1.82, 2.24) is 15.0 Å². The summed E-state index contributed by atoms with van der Waals surface area (Å²) in [6.07, 6.45) is 4.93. The van der Waals surface area contributed by atoms with Crippen LogP contribution >= 0.6 is 0 Å². The summed E-state index contributed by atoms with van der Waals surface area (Å²) in [4.78, 5) is 12.1. The predicted octanol–water partition coefficient (Wildman–Crippen LogP) is 3.29. The van der Waals surface area contributed by atoms with Crippen LogP contribution in [0.1, 0.15) is 5.56 Å². The monoisotopic (exact) mass is 280 g/mol. The van der Waals surface area contributed by atoms with E-state index < -0.39 is 5.95 Å². The second-order valence-corrected chi connectivity index (χ2v) is 4.49. The molecule has 0 amide bonds. The molecule has 3 aromatic rings. The van der Waals surface area contributed by atoms with Crippen LogP contribution in [0.5, 0.6) is 0 Å². The van der Waals surface area contributed by atoms with E-state index in [2.05, 4.69) is 20.3 Å². The summed E-state index contributed by atoms with van der Waals surface area (Å²) in [6.45, 7) is 0.518. The van der Waals surface area contributed by atoms with Crippen LogP contribution in [0.4, 0.5) is 10.1 Å². The van der Waals surface area contributed by atoms with Crippen LogP contribution < -0.4 is 5.32 Å². The van der Waals surface area contributed by atoms with Crippen molar-refractivity contribution >= 4 is 5.69 Å². The molecule has 0 saturated carbocycles. The Morgan fingerprint density at radius 1 is 0.905 bits per heavy atom. The number of halogens is 1. The summed E-state index contributed by atoms with van der Waals surface area (Å²) in [5, 5.41) is 3.19. The van der Waals surface area contributed by atoms with Crippen molar-refractivity contribution < 1.29 is 4.39 Å². The van der Waals surface area contributed by atoms with Crippen LogP contribution in [0, 0.1) is 5.95 Å². The lowest BCUT2D eigenvalue weighted by molar-refractivity contribution is 0.581. The van der Waals surface area contributed by atoms with Crippen molar-refractivity contribution in [3.05, 3.63) is 72.6 Å². The second-order valence-electron chi connectivity index (χ2n) is 4.49. The third kappa shape index (κ3) is 3.39. The quantitative estimate of drug-likeness (QED) is 0.745. The van der Waals surface area contributed by atoms with E-state index in [1.807, 2.05) is 30.3 Å². The van der Waals surface area contributed by atoms with Crippen LogP contribution in [0.25, 0.3) is 11.4 Å². The molecule has 0 spiro atoms. The first-order chi connectivity index (χ1) is 10.3. The maximum atomic E-state index is 13.0. The Kier molecular flexibility index (Phi) is 3.82. The Morgan fingerprint density at radius 2 is 1.81 bits per heavy atom. The highest BCUT2D eigenvalue weighted by Crippen LogP contribution is 2.16. The first-order valence-corrected chi connectivity index (χ1v) is 6.53. The smallest absolute Gasteiger partial charge is 0.213 e. The van der Waals surface area contributed by atoms with Crippen LogP contribution in [-0.2, 0) is 6.54 Å². The molecule has 0 aliphatic rings. The number of pyridine rings is 3. The average Bonchev–Trinajstić information content (AvgIpc) is 2.54. The van der Waals surface area contributed by atoms with E-state index in [-0.39, 0.29) is 0 Å². The van der Waals surface area contributed by atoms with E-state index in [9.17, 15) is 4.39 Å². The highest BCUT2D eigenvalue weighted by atomic mass is 19.1. The van der Waals surface area contributed by atoms with Crippen molar-refractivity contribution in [2.75, 3.05) is 5.32 Å². The first kappa shape index (κ1) is 13.2. The van der Waals surface area contributed by atoms with Crippen LogP contribution in [0.2, 0.25) is 0 Å². The number of hydrogen-bond acceptors (Lipinski definition) is 4. The largest absolute Gasteiger partial charge is 0.380 e. The fourth-order valence-corrected chi connectivity index (χ4v) is 1.92. The Morgan fingerprint density at radius 3 is 2.52 bits per heavy atom. The molecule has 0 aliphatic carbocycles. The van der Waals surface area contributed by atoms with Crippen LogP contribution in [0.15, 0.2) is 61.1 Å². The molecule has 3 aromatic heterocycles. The molecule has 3 rings (SSSR count). The summed E-state index contributed by atoms with van der Waals surface area (Å²) in [5.74, 6) is -0.474. The topological polar surface area (TPSA) is 50.7 Å². The summed E-state index contributed by atoms with van der Waals surface area (Å²) in [5.41, 5.74) is 3.35. The minimum absolute atomic E-state index is 0.474. The van der Waals surface area contributed by atoms with Gasteiger partial charge >= 0.3 is 0 Å². The lowest BCUT2D eigenvalue weighted by atomic mass is 10.2. The van der Waals surface area contributed by atoms with Gasteiger partial charge in [0.2, 0.25) is 5.95 Å². The van der Waals surface area contributed by atoms with Crippen molar-refractivity contribution in [3.8, 4) is 11.4 Å². The molecule has 0 aliphatic heterocycles. The van der Waals surface area contributed by atoms with E-state index >= 15 is 0 Å². The van der Waals surface area contributed by atoms with Gasteiger partial charge < -0.3 is 5.32 Å². The second kappa shape index (κ2) is 6.09.